The van der Waals surface area contributed by atoms with Gasteiger partial charge in [-0.25, -0.2) is 0 Å². The van der Waals surface area contributed by atoms with Crippen molar-refractivity contribution in [1.29, 1.82) is 0 Å². The second kappa shape index (κ2) is 6.59. The molecule has 102 valence electrons. The van der Waals surface area contributed by atoms with Crippen LogP contribution in [0.25, 0.3) is 0 Å². The summed E-state index contributed by atoms with van der Waals surface area (Å²) in [5.74, 6) is -0.117. The molecule has 0 radical (unpaired) electrons. The molecule has 0 bridgehead atoms. The van der Waals surface area contributed by atoms with E-state index in [9.17, 15) is 9.90 Å². The highest BCUT2D eigenvalue weighted by Crippen LogP contribution is 2.13. The van der Waals surface area contributed by atoms with Gasteiger partial charge in [0, 0.05) is 19.3 Å². The summed E-state index contributed by atoms with van der Waals surface area (Å²) in [5.41, 5.74) is -0.135. The minimum atomic E-state index is -0.794. The van der Waals surface area contributed by atoms with Gasteiger partial charge < -0.3 is 15.0 Å². The molecule has 1 rings (SSSR count). The zero-order valence-electron chi connectivity index (χ0n) is 11.6. The molecule has 0 unspecified atom stereocenters. The minimum Gasteiger partial charge on any atom is -0.388 e. The second-order valence-electron chi connectivity index (χ2n) is 4.70. The number of nitrogens with zero attached hydrogens (tertiary/aromatic N) is 1. The van der Waals surface area contributed by atoms with Crippen molar-refractivity contribution in [3.05, 3.63) is 24.0 Å². The normalized spacial score (nSPS) is 11.6. The Kier molecular flexibility index (Phi) is 5.41. The van der Waals surface area contributed by atoms with Crippen molar-refractivity contribution in [1.82, 2.24) is 9.88 Å². The lowest BCUT2D eigenvalue weighted by Crippen LogP contribution is -2.42. The average Bonchev–Trinajstić information content (AvgIpc) is 2.84. The van der Waals surface area contributed by atoms with Crippen LogP contribution < -0.4 is 5.32 Å². The Morgan fingerprint density at radius 1 is 1.39 bits per heavy atom. The highest BCUT2D eigenvalue weighted by molar-refractivity contribution is 5.92. The summed E-state index contributed by atoms with van der Waals surface area (Å²) in [6.45, 7) is 7.07. The van der Waals surface area contributed by atoms with Crippen molar-refractivity contribution in [2.75, 3.05) is 6.54 Å². The van der Waals surface area contributed by atoms with Crippen molar-refractivity contribution in [3.8, 4) is 0 Å². The Labute approximate surface area is 109 Å². The van der Waals surface area contributed by atoms with Crippen LogP contribution in [0.1, 0.15) is 50.5 Å². The number of hydrogen-bond acceptors (Lipinski definition) is 2. The van der Waals surface area contributed by atoms with Crippen LogP contribution in [0.4, 0.5) is 0 Å². The van der Waals surface area contributed by atoms with E-state index < -0.39 is 5.60 Å². The van der Waals surface area contributed by atoms with Gasteiger partial charge in [0.05, 0.1) is 5.60 Å². The van der Waals surface area contributed by atoms with Gasteiger partial charge in [-0.05, 0) is 31.4 Å². The fraction of sp³-hybridized carbons (Fsp3) is 0.643. The van der Waals surface area contributed by atoms with E-state index in [4.69, 9.17) is 0 Å². The Hall–Kier alpha value is -1.29. The SMILES string of the molecule is CCCn1cccc1C(=O)NCC(O)(CC)CC. The molecule has 0 aliphatic rings. The first kappa shape index (κ1) is 14.8. The van der Waals surface area contributed by atoms with Gasteiger partial charge in [0.15, 0.2) is 0 Å². The molecule has 0 spiro atoms. The summed E-state index contributed by atoms with van der Waals surface area (Å²) in [6, 6.07) is 3.68. The van der Waals surface area contributed by atoms with Gasteiger partial charge >= 0.3 is 0 Å². The quantitative estimate of drug-likeness (QED) is 0.781. The van der Waals surface area contributed by atoms with Crippen molar-refractivity contribution < 1.29 is 9.90 Å². The number of aryl methyl sites for hydroxylation is 1. The first-order chi connectivity index (χ1) is 8.56. The number of aromatic nitrogens is 1. The lowest BCUT2D eigenvalue weighted by Gasteiger charge is -2.25. The van der Waals surface area contributed by atoms with Crippen LogP contribution >= 0.6 is 0 Å². The Bertz CT molecular complexity index is 381. The zero-order valence-corrected chi connectivity index (χ0v) is 11.6. The van der Waals surface area contributed by atoms with E-state index in [1.54, 1.807) is 0 Å². The van der Waals surface area contributed by atoms with E-state index in [1.165, 1.54) is 0 Å². The van der Waals surface area contributed by atoms with E-state index in [2.05, 4.69) is 12.2 Å². The Morgan fingerprint density at radius 2 is 2.06 bits per heavy atom. The van der Waals surface area contributed by atoms with E-state index in [0.717, 1.165) is 13.0 Å². The maximum absolute atomic E-state index is 12.0. The third-order valence-corrected chi connectivity index (χ3v) is 3.42. The summed E-state index contributed by atoms with van der Waals surface area (Å²) < 4.78 is 1.94. The molecule has 1 aromatic rings. The van der Waals surface area contributed by atoms with Crippen LogP contribution in [0.15, 0.2) is 18.3 Å². The molecule has 0 aliphatic carbocycles. The number of aliphatic hydroxyl groups is 1. The van der Waals surface area contributed by atoms with Crippen LogP contribution in [0.3, 0.4) is 0 Å². The molecule has 0 fully saturated rings. The first-order valence-electron chi connectivity index (χ1n) is 6.72. The number of hydrogen-bond donors (Lipinski definition) is 2. The lowest BCUT2D eigenvalue weighted by atomic mass is 9.97. The highest BCUT2D eigenvalue weighted by Gasteiger charge is 2.23. The number of amides is 1. The summed E-state index contributed by atoms with van der Waals surface area (Å²) in [7, 11) is 0. The van der Waals surface area contributed by atoms with E-state index >= 15 is 0 Å². The fourth-order valence-electron chi connectivity index (χ4n) is 1.89. The van der Waals surface area contributed by atoms with Crippen molar-refractivity contribution >= 4 is 5.91 Å². The van der Waals surface area contributed by atoms with Gasteiger partial charge in [0.2, 0.25) is 0 Å². The maximum atomic E-state index is 12.0. The molecule has 4 nitrogen and oxygen atoms in total. The molecule has 1 amide bonds. The molecular weight excluding hydrogens is 228 g/mol. The summed E-state index contributed by atoms with van der Waals surface area (Å²) in [4.78, 5) is 12.0. The van der Waals surface area contributed by atoms with Crippen molar-refractivity contribution in [2.45, 2.75) is 52.2 Å². The molecular formula is C14H24N2O2. The van der Waals surface area contributed by atoms with Gasteiger partial charge in [-0.2, -0.15) is 0 Å². The monoisotopic (exact) mass is 252 g/mol. The molecule has 2 N–H and O–H groups in total. The summed E-state index contributed by atoms with van der Waals surface area (Å²) in [5, 5.41) is 12.9. The van der Waals surface area contributed by atoms with E-state index in [0.29, 0.717) is 25.1 Å². The van der Waals surface area contributed by atoms with Gasteiger partial charge in [-0.3, -0.25) is 4.79 Å². The van der Waals surface area contributed by atoms with E-state index in [1.807, 2.05) is 36.7 Å². The fourth-order valence-corrected chi connectivity index (χ4v) is 1.89. The van der Waals surface area contributed by atoms with Gasteiger partial charge in [-0.15, -0.1) is 0 Å². The molecule has 0 aromatic carbocycles. The van der Waals surface area contributed by atoms with Crippen LogP contribution in [-0.4, -0.2) is 27.7 Å². The Balaban J connectivity index is 2.62. The van der Waals surface area contributed by atoms with Crippen LogP contribution in [0, 0.1) is 0 Å². The van der Waals surface area contributed by atoms with Crippen LogP contribution in [-0.2, 0) is 6.54 Å². The summed E-state index contributed by atoms with van der Waals surface area (Å²) >= 11 is 0. The lowest BCUT2D eigenvalue weighted by molar-refractivity contribution is 0.0312. The zero-order chi connectivity index (χ0) is 13.6. The van der Waals surface area contributed by atoms with Gasteiger partial charge in [0.1, 0.15) is 5.69 Å². The van der Waals surface area contributed by atoms with E-state index in [-0.39, 0.29) is 5.91 Å². The molecule has 0 saturated heterocycles. The molecule has 0 aliphatic heterocycles. The first-order valence-corrected chi connectivity index (χ1v) is 6.72. The highest BCUT2D eigenvalue weighted by atomic mass is 16.3. The number of carbonyl (C=O) groups is 1. The predicted octanol–water partition coefficient (Wildman–Crippen LogP) is 2.18. The number of nitrogens with one attached hydrogen (secondary N) is 1. The molecule has 0 saturated carbocycles. The largest absolute Gasteiger partial charge is 0.388 e. The second-order valence-corrected chi connectivity index (χ2v) is 4.70. The van der Waals surface area contributed by atoms with Crippen molar-refractivity contribution in [2.24, 2.45) is 0 Å². The third kappa shape index (κ3) is 3.60. The van der Waals surface area contributed by atoms with Crippen molar-refractivity contribution in [3.63, 3.8) is 0 Å². The van der Waals surface area contributed by atoms with Crippen LogP contribution in [0.2, 0.25) is 0 Å². The minimum absolute atomic E-state index is 0.117. The average molecular weight is 252 g/mol. The van der Waals surface area contributed by atoms with Gasteiger partial charge in [0.25, 0.3) is 5.91 Å². The molecule has 4 heteroatoms. The Morgan fingerprint density at radius 3 is 2.61 bits per heavy atom. The van der Waals surface area contributed by atoms with Crippen LogP contribution in [0.5, 0.6) is 0 Å². The molecule has 0 atom stereocenters. The third-order valence-electron chi connectivity index (χ3n) is 3.42. The molecule has 1 aromatic heterocycles. The smallest absolute Gasteiger partial charge is 0.268 e. The molecule has 18 heavy (non-hydrogen) atoms. The maximum Gasteiger partial charge on any atom is 0.268 e. The predicted molar refractivity (Wildman–Crippen MR) is 72.6 cm³/mol. The van der Waals surface area contributed by atoms with Gasteiger partial charge in [-0.1, -0.05) is 20.8 Å². The number of carbonyl (C=O) groups excluding carboxylic acids is 1. The summed E-state index contributed by atoms with van der Waals surface area (Å²) in [6.07, 6.45) is 4.17. The number of rotatable bonds is 7. The standard InChI is InChI=1S/C14H24N2O2/c1-4-9-16-10-7-8-12(16)13(17)15-11-14(18,5-2)6-3/h7-8,10,18H,4-6,9,11H2,1-3H3,(H,15,17). The molecule has 1 heterocycles. The topological polar surface area (TPSA) is 54.3 Å².